The molecule has 1 aliphatic rings. The molecule has 1 aromatic heterocycles. The molecule has 1 unspecified atom stereocenters. The summed E-state index contributed by atoms with van der Waals surface area (Å²) in [5, 5.41) is 13.5. The highest BCUT2D eigenvalue weighted by Gasteiger charge is 2.22. The van der Waals surface area contributed by atoms with Gasteiger partial charge in [-0.25, -0.2) is 0 Å². The van der Waals surface area contributed by atoms with Gasteiger partial charge in [-0.15, -0.1) is 0 Å². The van der Waals surface area contributed by atoms with Gasteiger partial charge in [0.25, 0.3) is 0 Å². The predicted octanol–water partition coefficient (Wildman–Crippen LogP) is 0.905. The lowest BCUT2D eigenvalue weighted by Gasteiger charge is -2.27. The average molecular weight is 271 g/mol. The van der Waals surface area contributed by atoms with Gasteiger partial charge in [0, 0.05) is 25.5 Å². The lowest BCUT2D eigenvalue weighted by Crippen LogP contribution is -2.46. The first kappa shape index (κ1) is 12.5. The largest absolute Gasteiger partial charge is 0.381 e. The Balaban J connectivity index is 1.51. The Morgan fingerprint density at radius 2 is 2.20 bits per heavy atom. The maximum atomic E-state index is 12.1. The van der Waals surface area contributed by atoms with Crippen LogP contribution >= 0.6 is 0 Å². The van der Waals surface area contributed by atoms with E-state index in [2.05, 4.69) is 21.0 Å². The second-order valence-corrected chi connectivity index (χ2v) is 4.68. The zero-order valence-corrected chi connectivity index (χ0v) is 11.0. The monoisotopic (exact) mass is 271 g/mol. The van der Waals surface area contributed by atoms with Gasteiger partial charge in [-0.3, -0.25) is 9.48 Å². The minimum atomic E-state index is -0.248. The summed E-state index contributed by atoms with van der Waals surface area (Å²) in [6.07, 6.45) is 3.61. The van der Waals surface area contributed by atoms with Crippen molar-refractivity contribution >= 4 is 17.3 Å². The number of nitrogens with zero attached hydrogens (tertiary/aromatic N) is 2. The third kappa shape index (κ3) is 2.74. The first-order valence-corrected chi connectivity index (χ1v) is 6.67. The van der Waals surface area contributed by atoms with Gasteiger partial charge in [-0.05, 0) is 18.2 Å². The summed E-state index contributed by atoms with van der Waals surface area (Å²) in [6.45, 7) is 1.83. The molecule has 3 N–H and O–H groups in total. The fraction of sp³-hybridized carbons (Fsp3) is 0.286. The minimum Gasteiger partial charge on any atom is -0.381 e. The van der Waals surface area contributed by atoms with Crippen LogP contribution in [0.4, 0.5) is 11.4 Å². The summed E-state index contributed by atoms with van der Waals surface area (Å²) < 4.78 is 1.79. The van der Waals surface area contributed by atoms with Crippen LogP contribution in [0.1, 0.15) is 0 Å². The summed E-state index contributed by atoms with van der Waals surface area (Å²) in [4.78, 5) is 12.1. The van der Waals surface area contributed by atoms with E-state index in [1.165, 1.54) is 0 Å². The van der Waals surface area contributed by atoms with Gasteiger partial charge < -0.3 is 16.0 Å². The number of fused-ring (bicyclic) bond motifs is 1. The average Bonchev–Trinajstić information content (AvgIpc) is 3.00. The Morgan fingerprint density at radius 1 is 1.35 bits per heavy atom. The van der Waals surface area contributed by atoms with Crippen molar-refractivity contribution in [2.45, 2.75) is 12.6 Å². The van der Waals surface area contributed by atoms with E-state index < -0.39 is 0 Å². The van der Waals surface area contributed by atoms with Crippen LogP contribution < -0.4 is 16.0 Å². The molecule has 20 heavy (non-hydrogen) atoms. The van der Waals surface area contributed by atoms with E-state index >= 15 is 0 Å². The lowest BCUT2D eigenvalue weighted by atomic mass is 10.1. The van der Waals surface area contributed by atoms with Gasteiger partial charge in [-0.1, -0.05) is 12.1 Å². The molecule has 1 amide bonds. The zero-order chi connectivity index (χ0) is 13.8. The number of aromatic nitrogens is 2. The third-order valence-electron chi connectivity index (χ3n) is 3.27. The van der Waals surface area contributed by atoms with E-state index in [1.54, 1.807) is 10.9 Å². The van der Waals surface area contributed by atoms with E-state index in [-0.39, 0.29) is 11.9 Å². The summed E-state index contributed by atoms with van der Waals surface area (Å²) in [5.41, 5.74) is 2.00. The summed E-state index contributed by atoms with van der Waals surface area (Å²) in [5.74, 6) is -0.000779. The van der Waals surface area contributed by atoms with Crippen LogP contribution in [0.3, 0.4) is 0 Å². The molecule has 2 heterocycles. The molecule has 0 radical (unpaired) electrons. The molecule has 1 atom stereocenters. The van der Waals surface area contributed by atoms with Crippen LogP contribution in [0.5, 0.6) is 0 Å². The van der Waals surface area contributed by atoms with Crippen molar-refractivity contribution < 1.29 is 4.79 Å². The predicted molar refractivity (Wildman–Crippen MR) is 77.6 cm³/mol. The maximum Gasteiger partial charge on any atom is 0.244 e. The Morgan fingerprint density at radius 3 is 3.00 bits per heavy atom. The first-order valence-electron chi connectivity index (χ1n) is 6.67. The van der Waals surface area contributed by atoms with Crippen molar-refractivity contribution in [3.05, 3.63) is 42.7 Å². The Labute approximate surface area is 117 Å². The second kappa shape index (κ2) is 5.64. The van der Waals surface area contributed by atoms with Crippen molar-refractivity contribution in [2.24, 2.45) is 0 Å². The minimum absolute atomic E-state index is 0.000779. The SMILES string of the molecule is O=C(NCCn1cccn1)C1CNc2ccccc2N1. The topological polar surface area (TPSA) is 71.0 Å². The number of hydrogen-bond donors (Lipinski definition) is 3. The van der Waals surface area contributed by atoms with Crippen LogP contribution in [-0.4, -0.2) is 34.8 Å². The molecule has 0 saturated heterocycles. The molecule has 0 saturated carbocycles. The van der Waals surface area contributed by atoms with Crippen LogP contribution in [0.2, 0.25) is 0 Å². The van der Waals surface area contributed by atoms with E-state index in [1.807, 2.05) is 36.5 Å². The first-order chi connectivity index (χ1) is 9.83. The van der Waals surface area contributed by atoms with Crippen LogP contribution in [-0.2, 0) is 11.3 Å². The smallest absolute Gasteiger partial charge is 0.244 e. The standard InChI is InChI=1S/C14H17N5O/c20-14(15-7-9-19-8-3-6-17-19)13-10-16-11-4-1-2-5-12(11)18-13/h1-6,8,13,16,18H,7,9-10H2,(H,15,20). The van der Waals surface area contributed by atoms with E-state index in [9.17, 15) is 4.79 Å². The molecule has 3 rings (SSSR count). The molecule has 6 nitrogen and oxygen atoms in total. The number of hydrogen-bond acceptors (Lipinski definition) is 4. The zero-order valence-electron chi connectivity index (χ0n) is 11.0. The third-order valence-corrected chi connectivity index (χ3v) is 3.27. The maximum absolute atomic E-state index is 12.1. The van der Waals surface area contributed by atoms with E-state index in [0.717, 1.165) is 11.4 Å². The number of nitrogens with one attached hydrogen (secondary N) is 3. The number of para-hydroxylation sites is 2. The second-order valence-electron chi connectivity index (χ2n) is 4.68. The summed E-state index contributed by atoms with van der Waals surface area (Å²) >= 11 is 0. The van der Waals surface area contributed by atoms with E-state index in [4.69, 9.17) is 0 Å². The Hall–Kier alpha value is -2.50. The number of carbonyl (C=O) groups excluding carboxylic acids is 1. The lowest BCUT2D eigenvalue weighted by molar-refractivity contribution is -0.121. The number of carbonyl (C=O) groups is 1. The van der Waals surface area contributed by atoms with Gasteiger partial charge >= 0.3 is 0 Å². The number of rotatable bonds is 4. The van der Waals surface area contributed by atoms with Gasteiger partial charge in [-0.2, -0.15) is 5.10 Å². The molecular formula is C14H17N5O. The van der Waals surface area contributed by atoms with Crippen molar-refractivity contribution in [2.75, 3.05) is 23.7 Å². The fourth-order valence-corrected chi connectivity index (χ4v) is 2.22. The van der Waals surface area contributed by atoms with E-state index in [0.29, 0.717) is 19.6 Å². The molecule has 0 spiro atoms. The van der Waals surface area contributed by atoms with Crippen LogP contribution in [0, 0.1) is 0 Å². The normalized spacial score (nSPS) is 16.7. The molecule has 2 aromatic rings. The van der Waals surface area contributed by atoms with Crippen molar-refractivity contribution in [3.8, 4) is 0 Å². The highest BCUT2D eigenvalue weighted by atomic mass is 16.2. The summed E-state index contributed by atoms with van der Waals surface area (Å²) in [6, 6.07) is 9.50. The number of amides is 1. The summed E-state index contributed by atoms with van der Waals surface area (Å²) in [7, 11) is 0. The molecule has 104 valence electrons. The quantitative estimate of drug-likeness (QED) is 0.773. The molecule has 6 heteroatoms. The van der Waals surface area contributed by atoms with Crippen LogP contribution in [0.15, 0.2) is 42.7 Å². The van der Waals surface area contributed by atoms with Gasteiger partial charge in [0.15, 0.2) is 0 Å². The van der Waals surface area contributed by atoms with Gasteiger partial charge in [0.1, 0.15) is 6.04 Å². The molecule has 0 bridgehead atoms. The molecular weight excluding hydrogens is 254 g/mol. The highest BCUT2D eigenvalue weighted by molar-refractivity contribution is 5.88. The number of anilines is 2. The molecule has 1 aromatic carbocycles. The van der Waals surface area contributed by atoms with Gasteiger partial charge in [0.2, 0.25) is 5.91 Å². The molecule has 0 fully saturated rings. The van der Waals surface area contributed by atoms with Crippen molar-refractivity contribution in [1.82, 2.24) is 15.1 Å². The van der Waals surface area contributed by atoms with Crippen LogP contribution in [0.25, 0.3) is 0 Å². The fourth-order valence-electron chi connectivity index (χ4n) is 2.22. The number of benzene rings is 1. The molecule has 1 aliphatic heterocycles. The Bertz CT molecular complexity index is 581. The molecule has 0 aliphatic carbocycles. The van der Waals surface area contributed by atoms with Crippen molar-refractivity contribution in [3.63, 3.8) is 0 Å². The highest BCUT2D eigenvalue weighted by Crippen LogP contribution is 2.24. The van der Waals surface area contributed by atoms with Crippen molar-refractivity contribution in [1.29, 1.82) is 0 Å². The Kier molecular flexibility index (Phi) is 3.54. The van der Waals surface area contributed by atoms with Gasteiger partial charge in [0.05, 0.1) is 17.9 Å².